The number of fused-ring (bicyclic) bond motifs is 1. The maximum absolute atomic E-state index is 5.99. The molecule has 1 nitrogen and oxygen atoms in total. The summed E-state index contributed by atoms with van der Waals surface area (Å²) in [5.41, 5.74) is 1.29. The lowest BCUT2D eigenvalue weighted by Gasteiger charge is -2.27. The molecule has 1 aliphatic rings. The number of benzene rings is 1. The molecule has 88 valence electrons. The SMILES string of the molecule is CC(CCl)(CCl)CC1COc2ccccc21. The van der Waals surface area contributed by atoms with Crippen molar-refractivity contribution in [3.05, 3.63) is 29.8 Å². The Kier molecular flexibility index (Phi) is 3.66. The van der Waals surface area contributed by atoms with Crippen molar-refractivity contribution in [2.24, 2.45) is 5.41 Å². The van der Waals surface area contributed by atoms with Gasteiger partial charge in [-0.2, -0.15) is 0 Å². The van der Waals surface area contributed by atoms with Gasteiger partial charge in [0, 0.05) is 23.2 Å². The van der Waals surface area contributed by atoms with Gasteiger partial charge in [-0.1, -0.05) is 25.1 Å². The highest BCUT2D eigenvalue weighted by Crippen LogP contribution is 2.41. The molecular formula is C13H16Cl2O. The van der Waals surface area contributed by atoms with Crippen molar-refractivity contribution in [3.63, 3.8) is 0 Å². The van der Waals surface area contributed by atoms with E-state index in [1.54, 1.807) is 0 Å². The molecular weight excluding hydrogens is 243 g/mol. The molecule has 1 aromatic carbocycles. The van der Waals surface area contributed by atoms with Crippen LogP contribution < -0.4 is 4.74 Å². The van der Waals surface area contributed by atoms with Crippen LogP contribution >= 0.6 is 23.2 Å². The molecule has 16 heavy (non-hydrogen) atoms. The summed E-state index contributed by atoms with van der Waals surface area (Å²) in [6.45, 7) is 2.89. The van der Waals surface area contributed by atoms with Crippen molar-refractivity contribution < 1.29 is 4.74 Å². The highest BCUT2D eigenvalue weighted by atomic mass is 35.5. The fraction of sp³-hybridized carbons (Fsp3) is 0.538. The zero-order valence-corrected chi connectivity index (χ0v) is 10.9. The van der Waals surface area contributed by atoms with E-state index in [0.29, 0.717) is 17.7 Å². The second-order valence-electron chi connectivity index (χ2n) is 4.83. The molecule has 0 amide bonds. The fourth-order valence-electron chi connectivity index (χ4n) is 2.14. The molecule has 1 heterocycles. The smallest absolute Gasteiger partial charge is 0.122 e. The molecule has 0 fully saturated rings. The van der Waals surface area contributed by atoms with Crippen LogP contribution in [0.5, 0.6) is 5.75 Å². The first kappa shape index (κ1) is 12.1. The molecule has 0 saturated heterocycles. The standard InChI is InChI=1S/C13H16Cl2O/c1-13(8-14,9-15)6-10-7-16-12-5-3-2-4-11(10)12/h2-5,10H,6-9H2,1H3. The lowest BCUT2D eigenvalue weighted by Crippen LogP contribution is -2.24. The van der Waals surface area contributed by atoms with Crippen molar-refractivity contribution in [1.29, 1.82) is 0 Å². The van der Waals surface area contributed by atoms with E-state index in [-0.39, 0.29) is 5.41 Å². The summed E-state index contributed by atoms with van der Waals surface area (Å²) in [5, 5.41) is 0. The molecule has 0 radical (unpaired) electrons. The number of alkyl halides is 2. The van der Waals surface area contributed by atoms with Gasteiger partial charge in [-0.05, 0) is 17.9 Å². The van der Waals surface area contributed by atoms with Crippen LogP contribution in [0.15, 0.2) is 24.3 Å². The van der Waals surface area contributed by atoms with Crippen LogP contribution in [-0.2, 0) is 0 Å². The third-order valence-electron chi connectivity index (χ3n) is 3.18. The number of para-hydroxylation sites is 1. The maximum Gasteiger partial charge on any atom is 0.122 e. The van der Waals surface area contributed by atoms with E-state index < -0.39 is 0 Å². The van der Waals surface area contributed by atoms with Crippen LogP contribution in [0.1, 0.15) is 24.8 Å². The largest absolute Gasteiger partial charge is 0.493 e. The van der Waals surface area contributed by atoms with Gasteiger partial charge in [-0.3, -0.25) is 0 Å². The molecule has 1 aromatic rings. The van der Waals surface area contributed by atoms with Gasteiger partial charge in [0.2, 0.25) is 0 Å². The molecule has 2 rings (SSSR count). The maximum atomic E-state index is 5.99. The molecule has 0 bridgehead atoms. The third-order valence-corrected chi connectivity index (χ3v) is 4.47. The predicted octanol–water partition coefficient (Wildman–Crippen LogP) is 4.04. The Morgan fingerprint density at radius 3 is 2.69 bits per heavy atom. The molecule has 0 aliphatic carbocycles. The molecule has 1 aliphatic heterocycles. The zero-order chi connectivity index (χ0) is 11.6. The topological polar surface area (TPSA) is 9.23 Å². The molecule has 0 aromatic heterocycles. The number of hydrogen-bond acceptors (Lipinski definition) is 1. The van der Waals surface area contributed by atoms with Crippen molar-refractivity contribution in [1.82, 2.24) is 0 Å². The quantitative estimate of drug-likeness (QED) is 0.741. The van der Waals surface area contributed by atoms with Crippen LogP contribution in [0.4, 0.5) is 0 Å². The first-order chi connectivity index (χ1) is 7.68. The molecule has 3 heteroatoms. The third kappa shape index (κ3) is 2.31. The normalized spacial score (nSPS) is 19.3. The molecule has 0 saturated carbocycles. The average Bonchev–Trinajstić information content (AvgIpc) is 2.73. The molecule has 0 spiro atoms. The van der Waals surface area contributed by atoms with E-state index in [1.165, 1.54) is 5.56 Å². The van der Waals surface area contributed by atoms with Crippen LogP contribution in [0, 0.1) is 5.41 Å². The van der Waals surface area contributed by atoms with Gasteiger partial charge in [0.15, 0.2) is 0 Å². The molecule has 0 N–H and O–H groups in total. The summed E-state index contributed by atoms with van der Waals surface area (Å²) < 4.78 is 5.66. The second kappa shape index (κ2) is 4.85. The predicted molar refractivity (Wildman–Crippen MR) is 68.8 cm³/mol. The van der Waals surface area contributed by atoms with Crippen LogP contribution in [-0.4, -0.2) is 18.4 Å². The minimum atomic E-state index is -0.00537. The number of rotatable bonds is 4. The second-order valence-corrected chi connectivity index (χ2v) is 5.36. The van der Waals surface area contributed by atoms with Crippen molar-refractivity contribution in [2.75, 3.05) is 18.4 Å². The minimum Gasteiger partial charge on any atom is -0.493 e. The summed E-state index contributed by atoms with van der Waals surface area (Å²) >= 11 is 12.0. The van der Waals surface area contributed by atoms with Gasteiger partial charge in [-0.25, -0.2) is 0 Å². The monoisotopic (exact) mass is 258 g/mol. The van der Waals surface area contributed by atoms with Crippen LogP contribution in [0.25, 0.3) is 0 Å². The summed E-state index contributed by atoms with van der Waals surface area (Å²) in [6.07, 6.45) is 0.983. The average molecular weight is 259 g/mol. The Morgan fingerprint density at radius 1 is 1.31 bits per heavy atom. The Morgan fingerprint density at radius 2 is 2.00 bits per heavy atom. The fourth-order valence-corrected chi connectivity index (χ4v) is 2.64. The summed E-state index contributed by atoms with van der Waals surface area (Å²) in [7, 11) is 0. The summed E-state index contributed by atoms with van der Waals surface area (Å²) in [6, 6.07) is 8.21. The molecule has 1 atom stereocenters. The van der Waals surface area contributed by atoms with Gasteiger partial charge in [0.25, 0.3) is 0 Å². The lowest BCUT2D eigenvalue weighted by atomic mass is 9.82. The number of halogens is 2. The van der Waals surface area contributed by atoms with Gasteiger partial charge in [-0.15, -0.1) is 23.2 Å². The van der Waals surface area contributed by atoms with E-state index in [9.17, 15) is 0 Å². The van der Waals surface area contributed by atoms with Gasteiger partial charge in [0.1, 0.15) is 5.75 Å². The van der Waals surface area contributed by atoms with E-state index >= 15 is 0 Å². The Hall–Kier alpha value is -0.400. The lowest BCUT2D eigenvalue weighted by molar-refractivity contribution is 0.280. The van der Waals surface area contributed by atoms with Crippen LogP contribution in [0.3, 0.4) is 0 Å². The van der Waals surface area contributed by atoms with Crippen molar-refractivity contribution in [3.8, 4) is 5.75 Å². The first-order valence-corrected chi connectivity index (χ1v) is 6.59. The first-order valence-electron chi connectivity index (χ1n) is 5.52. The van der Waals surface area contributed by atoms with Crippen molar-refractivity contribution in [2.45, 2.75) is 19.3 Å². The Bertz CT molecular complexity index is 361. The highest BCUT2D eigenvalue weighted by molar-refractivity contribution is 6.21. The van der Waals surface area contributed by atoms with E-state index in [0.717, 1.165) is 18.8 Å². The Labute approximate surface area is 107 Å². The summed E-state index contributed by atoms with van der Waals surface area (Å²) in [4.78, 5) is 0. The number of hydrogen-bond donors (Lipinski definition) is 0. The van der Waals surface area contributed by atoms with Gasteiger partial charge >= 0.3 is 0 Å². The zero-order valence-electron chi connectivity index (χ0n) is 9.38. The minimum absolute atomic E-state index is 0.00537. The Balaban J connectivity index is 2.14. The van der Waals surface area contributed by atoms with E-state index in [1.807, 2.05) is 12.1 Å². The van der Waals surface area contributed by atoms with E-state index in [2.05, 4.69) is 19.1 Å². The van der Waals surface area contributed by atoms with Gasteiger partial charge < -0.3 is 4.74 Å². The highest BCUT2D eigenvalue weighted by Gasteiger charge is 2.32. The van der Waals surface area contributed by atoms with E-state index in [4.69, 9.17) is 27.9 Å². The van der Waals surface area contributed by atoms with Crippen molar-refractivity contribution >= 4 is 23.2 Å². The molecule has 1 unspecified atom stereocenters. The number of ether oxygens (including phenoxy) is 1. The van der Waals surface area contributed by atoms with Crippen LogP contribution in [0.2, 0.25) is 0 Å². The van der Waals surface area contributed by atoms with Gasteiger partial charge in [0.05, 0.1) is 6.61 Å². The summed E-state index contributed by atoms with van der Waals surface area (Å²) in [5.74, 6) is 2.63.